The zero-order chi connectivity index (χ0) is 9.94. The summed E-state index contributed by atoms with van der Waals surface area (Å²) < 4.78 is 0. The highest BCUT2D eigenvalue weighted by Crippen LogP contribution is 2.28. The molecular weight excluding hydrogens is 152 g/mol. The number of carbonyl (C=O) groups excluding carboxylic acids is 1. The van der Waals surface area contributed by atoms with Gasteiger partial charge in [-0.2, -0.15) is 0 Å². The van der Waals surface area contributed by atoms with Gasteiger partial charge in [0.25, 0.3) is 0 Å². The quantitative estimate of drug-likeness (QED) is 0.663. The first-order chi connectivity index (χ1) is 5.25. The molecule has 0 spiro atoms. The van der Waals surface area contributed by atoms with Crippen LogP contribution in [0, 0.1) is 11.3 Å². The molecule has 0 radical (unpaired) electrons. The van der Waals surface area contributed by atoms with Crippen LogP contribution in [-0.2, 0) is 4.79 Å². The maximum absolute atomic E-state index is 10.6. The first kappa shape index (κ1) is 11.4. The zero-order valence-corrected chi connectivity index (χ0v) is 8.42. The van der Waals surface area contributed by atoms with E-state index >= 15 is 0 Å². The SMILES string of the molecule is CC([C@H](N)CC(N)=O)C(C)(C)C. The Kier molecular flexibility index (Phi) is 3.71. The largest absolute Gasteiger partial charge is 0.370 e. The highest BCUT2D eigenvalue weighted by molar-refractivity contribution is 5.74. The van der Waals surface area contributed by atoms with Crippen LogP contribution in [0.15, 0.2) is 0 Å². The molecule has 0 saturated carbocycles. The van der Waals surface area contributed by atoms with Gasteiger partial charge in [-0.05, 0) is 11.3 Å². The number of hydrogen-bond donors (Lipinski definition) is 2. The minimum Gasteiger partial charge on any atom is -0.370 e. The summed E-state index contributed by atoms with van der Waals surface area (Å²) in [6, 6.07) is -0.123. The van der Waals surface area contributed by atoms with E-state index in [4.69, 9.17) is 11.5 Å². The Morgan fingerprint density at radius 1 is 1.42 bits per heavy atom. The minimum atomic E-state index is -0.321. The first-order valence-corrected chi connectivity index (χ1v) is 4.29. The van der Waals surface area contributed by atoms with Gasteiger partial charge in [0, 0.05) is 12.5 Å². The lowest BCUT2D eigenvalue weighted by atomic mass is 9.77. The molecule has 2 atom stereocenters. The van der Waals surface area contributed by atoms with Crippen molar-refractivity contribution in [2.24, 2.45) is 22.8 Å². The fourth-order valence-electron chi connectivity index (χ4n) is 1.05. The maximum atomic E-state index is 10.6. The fourth-order valence-corrected chi connectivity index (χ4v) is 1.05. The minimum absolute atomic E-state index is 0.123. The van der Waals surface area contributed by atoms with Gasteiger partial charge in [0.15, 0.2) is 0 Å². The Morgan fingerprint density at radius 2 is 1.83 bits per heavy atom. The maximum Gasteiger partial charge on any atom is 0.218 e. The van der Waals surface area contributed by atoms with Crippen LogP contribution >= 0.6 is 0 Å². The molecule has 72 valence electrons. The van der Waals surface area contributed by atoms with Crippen molar-refractivity contribution in [2.75, 3.05) is 0 Å². The van der Waals surface area contributed by atoms with Gasteiger partial charge < -0.3 is 11.5 Å². The normalized spacial score (nSPS) is 17.1. The molecule has 0 heterocycles. The van der Waals surface area contributed by atoms with Crippen LogP contribution in [0.1, 0.15) is 34.1 Å². The van der Waals surface area contributed by atoms with E-state index in [-0.39, 0.29) is 23.8 Å². The van der Waals surface area contributed by atoms with Gasteiger partial charge in [-0.3, -0.25) is 4.79 Å². The van der Waals surface area contributed by atoms with Crippen molar-refractivity contribution >= 4 is 5.91 Å². The summed E-state index contributed by atoms with van der Waals surface area (Å²) >= 11 is 0. The van der Waals surface area contributed by atoms with Gasteiger partial charge in [0.1, 0.15) is 0 Å². The van der Waals surface area contributed by atoms with Gasteiger partial charge >= 0.3 is 0 Å². The number of primary amides is 1. The average molecular weight is 172 g/mol. The molecule has 0 saturated heterocycles. The number of hydrogen-bond acceptors (Lipinski definition) is 2. The lowest BCUT2D eigenvalue weighted by Gasteiger charge is -2.31. The molecule has 0 aromatic rings. The zero-order valence-electron chi connectivity index (χ0n) is 8.42. The van der Waals surface area contributed by atoms with Crippen molar-refractivity contribution in [2.45, 2.75) is 40.2 Å². The highest BCUT2D eigenvalue weighted by Gasteiger charge is 2.26. The summed E-state index contributed by atoms with van der Waals surface area (Å²) in [7, 11) is 0. The van der Waals surface area contributed by atoms with Crippen LogP contribution in [-0.4, -0.2) is 11.9 Å². The van der Waals surface area contributed by atoms with Crippen molar-refractivity contribution in [1.29, 1.82) is 0 Å². The van der Waals surface area contributed by atoms with Gasteiger partial charge in [-0.1, -0.05) is 27.7 Å². The Hall–Kier alpha value is -0.570. The molecule has 0 aliphatic rings. The molecule has 0 aliphatic heterocycles. The molecule has 3 nitrogen and oxygen atoms in total. The van der Waals surface area contributed by atoms with E-state index in [0.29, 0.717) is 5.92 Å². The summed E-state index contributed by atoms with van der Waals surface area (Å²) in [5, 5.41) is 0. The van der Waals surface area contributed by atoms with Gasteiger partial charge in [-0.15, -0.1) is 0 Å². The second kappa shape index (κ2) is 3.90. The number of carbonyl (C=O) groups is 1. The number of rotatable bonds is 3. The lowest BCUT2D eigenvalue weighted by molar-refractivity contribution is -0.118. The predicted octanol–water partition coefficient (Wildman–Crippen LogP) is 0.871. The second-order valence-corrected chi connectivity index (χ2v) is 4.49. The van der Waals surface area contributed by atoms with Crippen molar-refractivity contribution in [1.82, 2.24) is 0 Å². The van der Waals surface area contributed by atoms with Gasteiger partial charge in [0.05, 0.1) is 0 Å². The van der Waals surface area contributed by atoms with E-state index in [1.54, 1.807) is 0 Å². The Bertz CT molecular complexity index is 160. The van der Waals surface area contributed by atoms with Crippen LogP contribution in [0.25, 0.3) is 0 Å². The fraction of sp³-hybridized carbons (Fsp3) is 0.889. The Morgan fingerprint density at radius 3 is 2.08 bits per heavy atom. The van der Waals surface area contributed by atoms with Crippen LogP contribution < -0.4 is 11.5 Å². The number of amides is 1. The second-order valence-electron chi connectivity index (χ2n) is 4.49. The van der Waals surface area contributed by atoms with Crippen LogP contribution in [0.2, 0.25) is 0 Å². The molecule has 12 heavy (non-hydrogen) atoms. The molecule has 0 aliphatic carbocycles. The third-order valence-corrected chi connectivity index (χ3v) is 2.45. The first-order valence-electron chi connectivity index (χ1n) is 4.29. The van der Waals surface area contributed by atoms with Crippen molar-refractivity contribution in [3.05, 3.63) is 0 Å². The third kappa shape index (κ3) is 3.72. The molecule has 0 fully saturated rings. The number of nitrogens with two attached hydrogens (primary N) is 2. The Balaban J connectivity index is 4.10. The summed E-state index contributed by atoms with van der Waals surface area (Å²) in [6.07, 6.45) is 0.276. The summed E-state index contributed by atoms with van der Waals surface area (Å²) in [5.41, 5.74) is 11.0. The molecule has 4 N–H and O–H groups in total. The summed E-state index contributed by atoms with van der Waals surface area (Å²) in [6.45, 7) is 8.38. The van der Waals surface area contributed by atoms with E-state index in [0.717, 1.165) is 0 Å². The van der Waals surface area contributed by atoms with Gasteiger partial charge in [0.2, 0.25) is 5.91 Å². The van der Waals surface area contributed by atoms with Gasteiger partial charge in [-0.25, -0.2) is 0 Å². The molecule has 0 rings (SSSR count). The summed E-state index contributed by atoms with van der Waals surface area (Å²) in [4.78, 5) is 10.6. The monoisotopic (exact) mass is 172 g/mol. The van der Waals surface area contributed by atoms with E-state index in [1.807, 2.05) is 6.92 Å². The van der Waals surface area contributed by atoms with Crippen molar-refractivity contribution in [3.8, 4) is 0 Å². The summed E-state index contributed by atoms with van der Waals surface area (Å²) in [5.74, 6) is -0.0244. The average Bonchev–Trinajstić information content (AvgIpc) is 1.82. The topological polar surface area (TPSA) is 69.1 Å². The van der Waals surface area contributed by atoms with E-state index < -0.39 is 0 Å². The molecule has 0 aromatic heterocycles. The highest BCUT2D eigenvalue weighted by atomic mass is 16.1. The molecule has 3 heteroatoms. The van der Waals surface area contributed by atoms with Crippen LogP contribution in [0.3, 0.4) is 0 Å². The molecule has 0 bridgehead atoms. The van der Waals surface area contributed by atoms with E-state index in [9.17, 15) is 4.79 Å². The molecule has 1 unspecified atom stereocenters. The van der Waals surface area contributed by atoms with E-state index in [1.165, 1.54) is 0 Å². The third-order valence-electron chi connectivity index (χ3n) is 2.45. The van der Waals surface area contributed by atoms with Crippen LogP contribution in [0.5, 0.6) is 0 Å². The molecule has 0 aromatic carbocycles. The van der Waals surface area contributed by atoms with Crippen molar-refractivity contribution in [3.63, 3.8) is 0 Å². The molecule has 1 amide bonds. The lowest BCUT2D eigenvalue weighted by Crippen LogP contribution is -2.39. The predicted molar refractivity (Wildman–Crippen MR) is 50.4 cm³/mol. The van der Waals surface area contributed by atoms with E-state index in [2.05, 4.69) is 20.8 Å². The standard InChI is InChI=1S/C9H20N2O/c1-6(9(2,3)4)7(10)5-8(11)12/h6-7H,5,10H2,1-4H3,(H2,11,12)/t6?,7-/m1/s1. The van der Waals surface area contributed by atoms with Crippen molar-refractivity contribution < 1.29 is 4.79 Å². The Labute approximate surface area is 74.5 Å². The molecular formula is C9H20N2O. The van der Waals surface area contributed by atoms with Crippen LogP contribution in [0.4, 0.5) is 0 Å². The smallest absolute Gasteiger partial charge is 0.218 e.